The Morgan fingerprint density at radius 1 is 0.848 bits per heavy atom. The highest BCUT2D eigenvalue weighted by Gasteiger charge is 2.51. The van der Waals surface area contributed by atoms with Crippen molar-refractivity contribution in [1.82, 2.24) is 0 Å². The van der Waals surface area contributed by atoms with Gasteiger partial charge in [-0.25, -0.2) is 9.36 Å². The van der Waals surface area contributed by atoms with Gasteiger partial charge in [-0.2, -0.15) is 0 Å². The van der Waals surface area contributed by atoms with E-state index >= 15 is 0 Å². The summed E-state index contributed by atoms with van der Waals surface area (Å²) in [5, 5.41) is 78.4. The van der Waals surface area contributed by atoms with Crippen LogP contribution in [0.15, 0.2) is 0 Å². The molecule has 1 unspecified atom stereocenters. The van der Waals surface area contributed by atoms with Crippen LogP contribution >= 0.6 is 7.82 Å². The Labute approximate surface area is 185 Å². The quantitative estimate of drug-likeness (QED) is 0.122. The van der Waals surface area contributed by atoms with Crippen molar-refractivity contribution in [1.29, 1.82) is 0 Å². The number of carboxylic acid groups (broad SMARTS) is 1. The summed E-state index contributed by atoms with van der Waals surface area (Å²) in [7, 11) is -5.06. The van der Waals surface area contributed by atoms with Gasteiger partial charge in [0.2, 0.25) is 0 Å². The summed E-state index contributed by atoms with van der Waals surface area (Å²) in [5.41, 5.74) is 0. The summed E-state index contributed by atoms with van der Waals surface area (Å²) in [6, 6.07) is 0. The van der Waals surface area contributed by atoms with Gasteiger partial charge < -0.3 is 69.6 Å². The van der Waals surface area contributed by atoms with Crippen LogP contribution in [-0.2, 0) is 32.8 Å². The van der Waals surface area contributed by atoms with Gasteiger partial charge in [0.1, 0.15) is 48.8 Å². The number of hydrogen-bond acceptors (Lipinski definition) is 14. The van der Waals surface area contributed by atoms with E-state index < -0.39 is 101 Å². The minimum absolute atomic E-state index is 0.774. The van der Waals surface area contributed by atoms with Crippen molar-refractivity contribution in [3.8, 4) is 0 Å². The van der Waals surface area contributed by atoms with Crippen LogP contribution in [-0.4, -0.2) is 144 Å². The fourth-order valence-corrected chi connectivity index (χ4v) is 3.49. The summed E-state index contributed by atoms with van der Waals surface area (Å²) in [6.07, 6.45) is -19.7. The monoisotopic (exact) mass is 510 g/mol. The molecular weight excluding hydrogens is 483 g/mol. The number of carboxylic acids is 1. The molecule has 2 rings (SSSR count). The van der Waals surface area contributed by atoms with E-state index in [0.29, 0.717) is 0 Å². The minimum Gasteiger partial charge on any atom is -0.479 e. The van der Waals surface area contributed by atoms with Crippen molar-refractivity contribution in [2.45, 2.75) is 67.5 Å². The number of rotatable bonds is 10. The van der Waals surface area contributed by atoms with E-state index in [9.17, 15) is 45.1 Å². The SMILES string of the molecule is O=C(O)C(COP(=O)(O)O)O[C@H]1O[C@H](CO)[C@@H](O[C@H]2O[C@H](CO)[C@@H](O)[C@H](O)[C@@H]2O)[C@H](O)[C@H]1O. The van der Waals surface area contributed by atoms with Crippen molar-refractivity contribution < 1.29 is 83.5 Å². The molecule has 33 heavy (non-hydrogen) atoms. The van der Waals surface area contributed by atoms with E-state index in [4.69, 9.17) is 33.8 Å². The Bertz CT molecular complexity index is 683. The topological polar surface area (TPSA) is 283 Å². The maximum Gasteiger partial charge on any atom is 0.469 e. The molecule has 0 aliphatic carbocycles. The van der Waals surface area contributed by atoms with Gasteiger partial charge in [0.05, 0.1) is 19.8 Å². The second kappa shape index (κ2) is 11.7. The summed E-state index contributed by atoms with van der Waals surface area (Å²) in [4.78, 5) is 28.7. The van der Waals surface area contributed by atoms with Crippen LogP contribution in [0.3, 0.4) is 0 Å². The molecule has 194 valence electrons. The number of phosphoric ester groups is 1. The molecule has 2 saturated heterocycles. The lowest BCUT2D eigenvalue weighted by atomic mass is 9.97. The Morgan fingerprint density at radius 3 is 1.91 bits per heavy atom. The van der Waals surface area contributed by atoms with Crippen molar-refractivity contribution in [3.05, 3.63) is 0 Å². The van der Waals surface area contributed by atoms with E-state index in [-0.39, 0.29) is 0 Å². The third kappa shape index (κ3) is 7.07. The van der Waals surface area contributed by atoms with Crippen molar-refractivity contribution in [2.24, 2.45) is 0 Å². The largest absolute Gasteiger partial charge is 0.479 e. The molecule has 2 heterocycles. The normalized spacial score (nSPS) is 41.0. The second-order valence-electron chi connectivity index (χ2n) is 7.25. The number of aliphatic carboxylic acids is 1. The molecule has 11 atom stereocenters. The van der Waals surface area contributed by atoms with Crippen LogP contribution in [0.25, 0.3) is 0 Å². The average molecular weight is 510 g/mol. The van der Waals surface area contributed by atoms with E-state index in [1.807, 2.05) is 0 Å². The van der Waals surface area contributed by atoms with Crippen molar-refractivity contribution in [3.63, 3.8) is 0 Å². The zero-order valence-electron chi connectivity index (χ0n) is 16.7. The number of ether oxygens (including phenoxy) is 4. The standard InChI is InChI=1S/C15H27O17P/c16-1-4-7(18)8(19)10(21)15(29-4)32-12-5(2-17)30-14(11(22)9(12)20)31-6(13(23)24)3-28-33(25,26)27/h4-12,14-22H,1-3H2,(H,23,24)(H2,25,26,27)/t4-,5-,6?,7-,8+,9-,10+,11-,12-,14-,15-/m1/s1. The maximum atomic E-state index is 11.3. The van der Waals surface area contributed by atoms with Crippen molar-refractivity contribution >= 4 is 13.8 Å². The fourth-order valence-electron chi connectivity index (χ4n) is 3.16. The molecule has 10 N–H and O–H groups in total. The highest BCUT2D eigenvalue weighted by Crippen LogP contribution is 2.36. The number of carbonyl (C=O) groups is 1. The first-order chi connectivity index (χ1) is 15.3. The summed E-state index contributed by atoms with van der Waals surface area (Å²) >= 11 is 0. The van der Waals surface area contributed by atoms with Gasteiger partial charge in [0.25, 0.3) is 0 Å². The Hall–Kier alpha value is -0.860. The predicted octanol–water partition coefficient (Wildman–Crippen LogP) is -5.81. The Kier molecular flexibility index (Phi) is 10.1. The Morgan fingerprint density at radius 2 is 1.39 bits per heavy atom. The maximum absolute atomic E-state index is 11.3. The smallest absolute Gasteiger partial charge is 0.469 e. The molecule has 0 aromatic rings. The van der Waals surface area contributed by atoms with Crippen molar-refractivity contribution in [2.75, 3.05) is 19.8 Å². The van der Waals surface area contributed by atoms with E-state index in [1.54, 1.807) is 0 Å². The first kappa shape index (κ1) is 28.4. The van der Waals surface area contributed by atoms with Gasteiger partial charge in [-0.15, -0.1) is 0 Å². The predicted molar refractivity (Wildman–Crippen MR) is 96.9 cm³/mol. The summed E-state index contributed by atoms with van der Waals surface area (Å²) in [6.45, 7) is -2.83. The van der Waals surface area contributed by atoms with Crippen LogP contribution in [0, 0.1) is 0 Å². The molecule has 17 nitrogen and oxygen atoms in total. The van der Waals surface area contributed by atoms with E-state index in [0.717, 1.165) is 0 Å². The zero-order valence-corrected chi connectivity index (χ0v) is 17.6. The van der Waals surface area contributed by atoms with Crippen LogP contribution < -0.4 is 0 Å². The van der Waals surface area contributed by atoms with Gasteiger partial charge >= 0.3 is 13.8 Å². The Balaban J connectivity index is 2.11. The first-order valence-electron chi connectivity index (χ1n) is 9.47. The van der Waals surface area contributed by atoms with Gasteiger partial charge in [-0.1, -0.05) is 0 Å². The molecular formula is C15H27O17P. The lowest BCUT2D eigenvalue weighted by Gasteiger charge is -2.46. The molecule has 18 heteroatoms. The van der Waals surface area contributed by atoms with Crippen LogP contribution in [0.4, 0.5) is 0 Å². The zero-order chi connectivity index (χ0) is 25.1. The van der Waals surface area contributed by atoms with Crippen LogP contribution in [0.1, 0.15) is 0 Å². The molecule has 0 aromatic heterocycles. The second-order valence-corrected chi connectivity index (χ2v) is 8.49. The highest BCUT2D eigenvalue weighted by atomic mass is 31.2. The highest BCUT2D eigenvalue weighted by molar-refractivity contribution is 7.46. The third-order valence-electron chi connectivity index (χ3n) is 4.93. The molecule has 0 saturated carbocycles. The number of phosphoric acid groups is 1. The number of aliphatic hydroxyl groups excluding tert-OH is 7. The van der Waals surface area contributed by atoms with Crippen LogP contribution in [0.2, 0.25) is 0 Å². The summed E-state index contributed by atoms with van der Waals surface area (Å²) in [5.74, 6) is -1.76. The van der Waals surface area contributed by atoms with E-state index in [2.05, 4.69) is 4.52 Å². The average Bonchev–Trinajstić information content (AvgIpc) is 2.74. The lowest BCUT2D eigenvalue weighted by molar-refractivity contribution is -0.362. The van der Waals surface area contributed by atoms with Gasteiger partial charge in [-0.05, 0) is 0 Å². The molecule has 2 aliphatic rings. The lowest BCUT2D eigenvalue weighted by Crippen LogP contribution is -2.65. The molecule has 0 spiro atoms. The molecule has 0 bridgehead atoms. The minimum atomic E-state index is -5.06. The fraction of sp³-hybridized carbons (Fsp3) is 0.933. The van der Waals surface area contributed by atoms with Gasteiger partial charge in [0.15, 0.2) is 18.7 Å². The molecule has 0 aromatic carbocycles. The van der Waals surface area contributed by atoms with E-state index in [1.165, 1.54) is 0 Å². The molecule has 0 amide bonds. The molecule has 0 radical (unpaired) electrons. The van der Waals surface area contributed by atoms with Gasteiger partial charge in [0, 0.05) is 0 Å². The third-order valence-corrected chi connectivity index (χ3v) is 5.41. The number of hydrogen-bond donors (Lipinski definition) is 10. The molecule has 2 aliphatic heterocycles. The molecule has 2 fully saturated rings. The van der Waals surface area contributed by atoms with Gasteiger partial charge in [-0.3, -0.25) is 4.52 Å². The summed E-state index contributed by atoms with van der Waals surface area (Å²) < 4.78 is 35.4. The van der Waals surface area contributed by atoms with Crippen LogP contribution in [0.5, 0.6) is 0 Å². The number of aliphatic hydroxyl groups is 7. The first-order valence-corrected chi connectivity index (χ1v) is 11.0.